The molecule has 2 rings (SSSR count). The van der Waals surface area contributed by atoms with Crippen LogP contribution in [0.15, 0.2) is 18.2 Å². The number of rotatable bonds is 3. The second-order valence-corrected chi connectivity index (χ2v) is 6.40. The molecule has 1 aromatic rings. The molecule has 0 aromatic heterocycles. The molecule has 114 valence electrons. The lowest BCUT2D eigenvalue weighted by Gasteiger charge is -2.32. The van der Waals surface area contributed by atoms with Crippen molar-refractivity contribution < 1.29 is 14.3 Å². The molecule has 0 saturated carbocycles. The average molecular weight is 289 g/mol. The van der Waals surface area contributed by atoms with Gasteiger partial charge in [-0.05, 0) is 57.2 Å². The average Bonchev–Trinajstić information content (AvgIpc) is 2.42. The van der Waals surface area contributed by atoms with Crippen LogP contribution in [-0.2, 0) is 22.4 Å². The summed E-state index contributed by atoms with van der Waals surface area (Å²) in [6.45, 7) is 6.31. The monoisotopic (exact) mass is 289 g/mol. The molecule has 1 aliphatic heterocycles. The minimum atomic E-state index is -0.488. The molecule has 1 aromatic carbocycles. The van der Waals surface area contributed by atoms with Crippen LogP contribution < -0.4 is 4.90 Å². The minimum absolute atomic E-state index is 0.288. The predicted molar refractivity (Wildman–Crippen MR) is 82.7 cm³/mol. The molecule has 0 bridgehead atoms. The zero-order valence-electron chi connectivity index (χ0n) is 13.0. The Kier molecular flexibility index (Phi) is 4.66. The van der Waals surface area contributed by atoms with E-state index in [2.05, 4.69) is 6.07 Å². The summed E-state index contributed by atoms with van der Waals surface area (Å²) in [7, 11) is 0. The van der Waals surface area contributed by atoms with Crippen molar-refractivity contribution in [1.29, 1.82) is 0 Å². The molecule has 0 N–H and O–H groups in total. The number of amides is 1. The molecule has 0 radical (unpaired) electrons. The van der Waals surface area contributed by atoms with Crippen molar-refractivity contribution in [2.45, 2.75) is 52.1 Å². The van der Waals surface area contributed by atoms with Gasteiger partial charge in [0.25, 0.3) is 0 Å². The fourth-order valence-corrected chi connectivity index (χ4v) is 2.54. The highest BCUT2D eigenvalue weighted by Gasteiger charge is 2.27. The van der Waals surface area contributed by atoms with Crippen molar-refractivity contribution >= 4 is 18.1 Å². The van der Waals surface area contributed by atoms with E-state index in [1.54, 1.807) is 4.90 Å². The molecule has 0 saturated heterocycles. The lowest BCUT2D eigenvalue weighted by atomic mass is 9.98. The van der Waals surface area contributed by atoms with Crippen LogP contribution in [-0.4, -0.2) is 24.5 Å². The van der Waals surface area contributed by atoms with E-state index in [1.807, 2.05) is 32.9 Å². The SMILES string of the molecule is CC(C)(C)OC(=O)N1CCCc2cc(CCC=O)ccc21. The van der Waals surface area contributed by atoms with Gasteiger partial charge in [0.1, 0.15) is 11.9 Å². The van der Waals surface area contributed by atoms with Crippen LogP contribution in [0.3, 0.4) is 0 Å². The third-order valence-electron chi connectivity index (χ3n) is 3.43. The number of anilines is 1. The number of fused-ring (bicyclic) bond motifs is 1. The second-order valence-electron chi connectivity index (χ2n) is 6.40. The Bertz CT molecular complexity index is 531. The molecule has 0 fully saturated rings. The van der Waals surface area contributed by atoms with Gasteiger partial charge < -0.3 is 9.53 Å². The molecule has 0 aliphatic carbocycles. The van der Waals surface area contributed by atoms with Gasteiger partial charge in [-0.1, -0.05) is 12.1 Å². The molecule has 1 aliphatic rings. The molecule has 1 amide bonds. The minimum Gasteiger partial charge on any atom is -0.443 e. The maximum absolute atomic E-state index is 12.3. The van der Waals surface area contributed by atoms with Crippen molar-refractivity contribution in [2.75, 3.05) is 11.4 Å². The Morgan fingerprint density at radius 3 is 2.81 bits per heavy atom. The highest BCUT2D eigenvalue weighted by Crippen LogP contribution is 2.29. The van der Waals surface area contributed by atoms with Crippen LogP contribution >= 0.6 is 0 Å². The van der Waals surface area contributed by atoms with Crippen LogP contribution in [0.25, 0.3) is 0 Å². The number of aldehydes is 1. The molecule has 4 heteroatoms. The zero-order valence-corrected chi connectivity index (χ0v) is 13.0. The third kappa shape index (κ3) is 4.06. The molecule has 21 heavy (non-hydrogen) atoms. The largest absolute Gasteiger partial charge is 0.443 e. The number of hydrogen-bond donors (Lipinski definition) is 0. The van der Waals surface area contributed by atoms with Gasteiger partial charge in [0.05, 0.1) is 5.69 Å². The number of nitrogens with zero attached hydrogens (tertiary/aromatic N) is 1. The Morgan fingerprint density at radius 1 is 1.38 bits per heavy atom. The highest BCUT2D eigenvalue weighted by molar-refractivity contribution is 5.89. The molecular weight excluding hydrogens is 266 g/mol. The van der Waals surface area contributed by atoms with Gasteiger partial charge in [0.2, 0.25) is 0 Å². The van der Waals surface area contributed by atoms with Gasteiger partial charge in [-0.15, -0.1) is 0 Å². The first-order chi connectivity index (χ1) is 9.90. The first-order valence-corrected chi connectivity index (χ1v) is 7.46. The van der Waals surface area contributed by atoms with Crippen LogP contribution in [0.5, 0.6) is 0 Å². The Hall–Kier alpha value is -1.84. The third-order valence-corrected chi connectivity index (χ3v) is 3.43. The van der Waals surface area contributed by atoms with Crippen LogP contribution in [0.4, 0.5) is 10.5 Å². The van der Waals surface area contributed by atoms with E-state index in [9.17, 15) is 9.59 Å². The lowest BCUT2D eigenvalue weighted by molar-refractivity contribution is -0.107. The van der Waals surface area contributed by atoms with Crippen LogP contribution in [0.2, 0.25) is 0 Å². The maximum atomic E-state index is 12.3. The molecule has 4 nitrogen and oxygen atoms in total. The van der Waals surface area contributed by atoms with E-state index >= 15 is 0 Å². The fraction of sp³-hybridized carbons (Fsp3) is 0.529. The quantitative estimate of drug-likeness (QED) is 0.800. The van der Waals surface area contributed by atoms with Crippen molar-refractivity contribution in [3.63, 3.8) is 0 Å². The van der Waals surface area contributed by atoms with Gasteiger partial charge in [0.15, 0.2) is 0 Å². The summed E-state index contributed by atoms with van der Waals surface area (Å²) in [6.07, 6.45) is 3.83. The highest BCUT2D eigenvalue weighted by atomic mass is 16.6. The zero-order chi connectivity index (χ0) is 15.5. The summed E-state index contributed by atoms with van der Waals surface area (Å²) in [5.41, 5.74) is 2.76. The maximum Gasteiger partial charge on any atom is 0.414 e. The van der Waals surface area contributed by atoms with Crippen molar-refractivity contribution in [3.05, 3.63) is 29.3 Å². The van der Waals surface area contributed by atoms with Crippen molar-refractivity contribution in [1.82, 2.24) is 0 Å². The first-order valence-electron chi connectivity index (χ1n) is 7.46. The van der Waals surface area contributed by atoms with E-state index in [-0.39, 0.29) is 6.09 Å². The first kappa shape index (κ1) is 15.5. The topological polar surface area (TPSA) is 46.6 Å². The number of hydrogen-bond acceptors (Lipinski definition) is 3. The summed E-state index contributed by atoms with van der Waals surface area (Å²) < 4.78 is 5.47. The van der Waals surface area contributed by atoms with Gasteiger partial charge in [0, 0.05) is 13.0 Å². The number of carbonyl (C=O) groups excluding carboxylic acids is 2. The predicted octanol–water partition coefficient (Wildman–Crippen LogP) is 3.51. The smallest absolute Gasteiger partial charge is 0.414 e. The number of aryl methyl sites for hydroxylation is 2. The number of carbonyl (C=O) groups is 2. The lowest BCUT2D eigenvalue weighted by Crippen LogP contribution is -2.39. The standard InChI is InChI=1S/C17H23NO3/c1-17(2,3)21-16(20)18-10-4-7-14-12-13(6-5-11-19)8-9-15(14)18/h8-9,11-12H,4-7,10H2,1-3H3. The van der Waals surface area contributed by atoms with Crippen molar-refractivity contribution in [3.8, 4) is 0 Å². The molecular formula is C17H23NO3. The van der Waals surface area contributed by atoms with Gasteiger partial charge in [-0.3, -0.25) is 4.90 Å². The van der Waals surface area contributed by atoms with Gasteiger partial charge >= 0.3 is 6.09 Å². The van der Waals surface area contributed by atoms with Crippen molar-refractivity contribution in [2.24, 2.45) is 0 Å². The summed E-state index contributed by atoms with van der Waals surface area (Å²) in [5.74, 6) is 0. The number of benzene rings is 1. The normalized spacial score (nSPS) is 14.5. The van der Waals surface area contributed by atoms with E-state index in [0.29, 0.717) is 13.0 Å². The summed E-state index contributed by atoms with van der Waals surface area (Å²) >= 11 is 0. The van der Waals surface area contributed by atoms with E-state index in [1.165, 1.54) is 0 Å². The Balaban J connectivity index is 2.19. The molecule has 1 heterocycles. The summed E-state index contributed by atoms with van der Waals surface area (Å²) in [4.78, 5) is 24.5. The van der Waals surface area contributed by atoms with Gasteiger partial charge in [-0.25, -0.2) is 4.79 Å². The molecule has 0 atom stereocenters. The number of ether oxygens (including phenoxy) is 1. The van der Waals surface area contributed by atoms with Crippen LogP contribution in [0, 0.1) is 0 Å². The molecule has 0 unspecified atom stereocenters. The molecule has 0 spiro atoms. The Labute approximate surface area is 126 Å². The Morgan fingerprint density at radius 2 is 2.14 bits per heavy atom. The summed E-state index contributed by atoms with van der Waals surface area (Å²) in [6, 6.07) is 6.07. The second kappa shape index (κ2) is 6.29. The van der Waals surface area contributed by atoms with E-state index in [0.717, 1.165) is 42.4 Å². The van der Waals surface area contributed by atoms with E-state index in [4.69, 9.17) is 4.74 Å². The van der Waals surface area contributed by atoms with Gasteiger partial charge in [-0.2, -0.15) is 0 Å². The van der Waals surface area contributed by atoms with E-state index < -0.39 is 5.60 Å². The summed E-state index contributed by atoms with van der Waals surface area (Å²) in [5, 5.41) is 0. The fourth-order valence-electron chi connectivity index (χ4n) is 2.54. The van der Waals surface area contributed by atoms with Crippen LogP contribution in [0.1, 0.15) is 44.7 Å².